The first-order chi connectivity index (χ1) is 11.6. The number of anilines is 1. The Kier molecular flexibility index (Phi) is 3.86. The van der Waals surface area contributed by atoms with Crippen LogP contribution in [0.5, 0.6) is 0 Å². The van der Waals surface area contributed by atoms with E-state index < -0.39 is 0 Å². The molecule has 24 heavy (non-hydrogen) atoms. The predicted octanol–water partition coefficient (Wildman–Crippen LogP) is 3.25. The van der Waals surface area contributed by atoms with Gasteiger partial charge in [-0.3, -0.25) is 4.79 Å². The largest absolute Gasteiger partial charge is 0.397 e. The Labute approximate surface area is 143 Å². The average Bonchev–Trinajstić information content (AvgIpc) is 3.20. The first kappa shape index (κ1) is 15.4. The lowest BCUT2D eigenvalue weighted by atomic mass is 10.1. The van der Waals surface area contributed by atoms with Crippen LogP contribution in [-0.4, -0.2) is 30.1 Å². The molecule has 1 saturated heterocycles. The highest BCUT2D eigenvalue weighted by Crippen LogP contribution is 2.35. The summed E-state index contributed by atoms with van der Waals surface area (Å²) >= 11 is 1.35. The van der Waals surface area contributed by atoms with Gasteiger partial charge in [-0.2, -0.15) is 0 Å². The van der Waals surface area contributed by atoms with E-state index >= 15 is 0 Å². The van der Waals surface area contributed by atoms with Crippen LogP contribution in [0.2, 0.25) is 0 Å². The minimum atomic E-state index is -0.147. The van der Waals surface area contributed by atoms with Gasteiger partial charge in [0.15, 0.2) is 0 Å². The molecule has 3 aromatic rings. The molecule has 0 radical (unpaired) electrons. The fourth-order valence-corrected chi connectivity index (χ4v) is 4.13. The highest BCUT2D eigenvalue weighted by atomic mass is 32.1. The Morgan fingerprint density at radius 2 is 2.38 bits per heavy atom. The van der Waals surface area contributed by atoms with Crippen LogP contribution in [0.1, 0.15) is 28.1 Å². The number of carbonyl (C=O) groups excluding carboxylic acids is 1. The number of carbonyl (C=O) groups is 1. The van der Waals surface area contributed by atoms with Gasteiger partial charge in [-0.15, -0.1) is 11.3 Å². The highest BCUT2D eigenvalue weighted by molar-refractivity contribution is 7.21. The SMILES string of the molecule is Cc1cccc2cc3c(N)c(C(=O)NC[C@H]4CCCO4)sc3nc12. The predicted molar refractivity (Wildman–Crippen MR) is 97.6 cm³/mol. The molecule has 3 N–H and O–H groups in total. The van der Waals surface area contributed by atoms with Crippen LogP contribution in [0, 0.1) is 6.92 Å². The number of nitrogen functional groups attached to an aromatic ring is 1. The zero-order valence-corrected chi connectivity index (χ0v) is 14.3. The summed E-state index contributed by atoms with van der Waals surface area (Å²) in [6.07, 6.45) is 2.17. The van der Waals surface area contributed by atoms with Crippen molar-refractivity contribution in [1.82, 2.24) is 10.3 Å². The molecule has 4 rings (SSSR count). The molecule has 1 atom stereocenters. The number of fused-ring (bicyclic) bond motifs is 2. The van der Waals surface area contributed by atoms with E-state index in [4.69, 9.17) is 15.5 Å². The van der Waals surface area contributed by atoms with E-state index in [2.05, 4.69) is 5.32 Å². The number of amides is 1. The summed E-state index contributed by atoms with van der Waals surface area (Å²) in [5.74, 6) is -0.147. The van der Waals surface area contributed by atoms with Crippen molar-refractivity contribution in [3.63, 3.8) is 0 Å². The fourth-order valence-electron chi connectivity index (χ4n) is 3.14. The monoisotopic (exact) mass is 341 g/mol. The van der Waals surface area contributed by atoms with Crippen LogP contribution in [-0.2, 0) is 4.74 Å². The molecule has 124 valence electrons. The van der Waals surface area contributed by atoms with Crippen molar-refractivity contribution in [3.05, 3.63) is 34.7 Å². The Morgan fingerprint density at radius 3 is 3.17 bits per heavy atom. The molecule has 0 saturated carbocycles. The van der Waals surface area contributed by atoms with E-state index in [-0.39, 0.29) is 12.0 Å². The Balaban J connectivity index is 1.68. The van der Waals surface area contributed by atoms with Crippen molar-refractivity contribution in [2.75, 3.05) is 18.9 Å². The molecule has 1 fully saturated rings. The van der Waals surface area contributed by atoms with Gasteiger partial charge in [-0.1, -0.05) is 18.2 Å². The minimum absolute atomic E-state index is 0.118. The molecular formula is C18H19N3O2S. The molecule has 3 heterocycles. The Morgan fingerprint density at radius 1 is 1.50 bits per heavy atom. The number of nitrogens with one attached hydrogen (secondary N) is 1. The third-order valence-electron chi connectivity index (χ3n) is 4.47. The zero-order valence-electron chi connectivity index (χ0n) is 13.5. The lowest BCUT2D eigenvalue weighted by molar-refractivity contribution is 0.0862. The smallest absolute Gasteiger partial charge is 0.263 e. The van der Waals surface area contributed by atoms with Gasteiger partial charge in [-0.25, -0.2) is 4.98 Å². The molecule has 0 spiro atoms. The van der Waals surface area contributed by atoms with Crippen molar-refractivity contribution in [3.8, 4) is 0 Å². The molecule has 6 heteroatoms. The molecule has 0 aliphatic carbocycles. The van der Waals surface area contributed by atoms with E-state index in [1.165, 1.54) is 11.3 Å². The number of ether oxygens (including phenoxy) is 1. The molecule has 1 aromatic carbocycles. The molecule has 0 unspecified atom stereocenters. The number of para-hydroxylation sites is 1. The number of benzene rings is 1. The third-order valence-corrected chi connectivity index (χ3v) is 5.58. The van der Waals surface area contributed by atoms with Crippen LogP contribution in [0.4, 0.5) is 5.69 Å². The van der Waals surface area contributed by atoms with Crippen LogP contribution in [0.25, 0.3) is 21.1 Å². The maximum Gasteiger partial charge on any atom is 0.263 e. The molecule has 2 aromatic heterocycles. The van der Waals surface area contributed by atoms with Crippen molar-refractivity contribution < 1.29 is 9.53 Å². The summed E-state index contributed by atoms with van der Waals surface area (Å²) in [7, 11) is 0. The summed E-state index contributed by atoms with van der Waals surface area (Å²) in [5, 5.41) is 4.82. The van der Waals surface area contributed by atoms with Gasteiger partial charge in [-0.05, 0) is 31.4 Å². The molecule has 1 aliphatic heterocycles. The van der Waals surface area contributed by atoms with Crippen LogP contribution < -0.4 is 11.1 Å². The minimum Gasteiger partial charge on any atom is -0.397 e. The van der Waals surface area contributed by atoms with Crippen molar-refractivity contribution >= 4 is 44.1 Å². The van der Waals surface area contributed by atoms with Crippen LogP contribution >= 0.6 is 11.3 Å². The number of thiophene rings is 1. The van der Waals surface area contributed by atoms with Crippen LogP contribution in [0.3, 0.4) is 0 Å². The van der Waals surface area contributed by atoms with E-state index in [1.807, 2.05) is 31.2 Å². The molecule has 0 bridgehead atoms. The van der Waals surface area contributed by atoms with Crippen molar-refractivity contribution in [2.24, 2.45) is 0 Å². The Bertz CT molecular complexity index is 929. The topological polar surface area (TPSA) is 77.2 Å². The maximum atomic E-state index is 12.5. The average molecular weight is 341 g/mol. The number of hydrogen-bond acceptors (Lipinski definition) is 5. The summed E-state index contributed by atoms with van der Waals surface area (Å²) in [4.78, 5) is 18.5. The fraction of sp³-hybridized carbons (Fsp3) is 0.333. The molecule has 5 nitrogen and oxygen atoms in total. The maximum absolute atomic E-state index is 12.5. The van der Waals surface area contributed by atoms with E-state index in [9.17, 15) is 4.79 Å². The van der Waals surface area contributed by atoms with E-state index in [0.717, 1.165) is 46.1 Å². The van der Waals surface area contributed by atoms with E-state index in [1.54, 1.807) is 0 Å². The number of pyridine rings is 1. The second-order valence-electron chi connectivity index (χ2n) is 6.18. The summed E-state index contributed by atoms with van der Waals surface area (Å²) < 4.78 is 5.54. The summed E-state index contributed by atoms with van der Waals surface area (Å²) in [6.45, 7) is 3.34. The lowest BCUT2D eigenvalue weighted by Crippen LogP contribution is -2.31. The molecular weight excluding hydrogens is 322 g/mol. The van der Waals surface area contributed by atoms with Gasteiger partial charge in [0.25, 0.3) is 5.91 Å². The first-order valence-electron chi connectivity index (χ1n) is 8.11. The van der Waals surface area contributed by atoms with Crippen molar-refractivity contribution in [1.29, 1.82) is 0 Å². The summed E-state index contributed by atoms with van der Waals surface area (Å²) in [5.41, 5.74) is 8.81. The van der Waals surface area contributed by atoms with E-state index in [0.29, 0.717) is 17.1 Å². The number of hydrogen-bond donors (Lipinski definition) is 2. The van der Waals surface area contributed by atoms with Gasteiger partial charge in [0.1, 0.15) is 9.71 Å². The van der Waals surface area contributed by atoms with Gasteiger partial charge < -0.3 is 15.8 Å². The zero-order chi connectivity index (χ0) is 16.7. The Hall–Kier alpha value is -2.18. The highest BCUT2D eigenvalue weighted by Gasteiger charge is 2.21. The number of nitrogens with two attached hydrogens (primary N) is 1. The second-order valence-corrected chi connectivity index (χ2v) is 7.18. The van der Waals surface area contributed by atoms with Gasteiger partial charge in [0, 0.05) is 23.9 Å². The summed E-state index contributed by atoms with van der Waals surface area (Å²) in [6, 6.07) is 8.08. The van der Waals surface area contributed by atoms with Gasteiger partial charge in [0.05, 0.1) is 17.3 Å². The molecule has 1 amide bonds. The second kappa shape index (κ2) is 6.03. The van der Waals surface area contributed by atoms with Gasteiger partial charge in [0.2, 0.25) is 0 Å². The van der Waals surface area contributed by atoms with Crippen LogP contribution in [0.15, 0.2) is 24.3 Å². The first-order valence-corrected chi connectivity index (χ1v) is 8.93. The third kappa shape index (κ3) is 2.61. The number of aromatic nitrogens is 1. The van der Waals surface area contributed by atoms with Gasteiger partial charge >= 0.3 is 0 Å². The number of rotatable bonds is 3. The van der Waals surface area contributed by atoms with Crippen molar-refractivity contribution in [2.45, 2.75) is 25.9 Å². The normalized spacial score (nSPS) is 17.6. The standard InChI is InChI=1S/C18H19N3O2S/c1-10-4-2-5-11-8-13-14(19)16(24-18(13)21-15(10)11)17(22)20-9-12-6-3-7-23-12/h2,4-5,8,12H,3,6-7,9,19H2,1H3,(H,20,22)/t12-/m1/s1. The quantitative estimate of drug-likeness (QED) is 0.766. The number of aryl methyl sites for hydroxylation is 1. The lowest BCUT2D eigenvalue weighted by Gasteiger charge is -2.10. The number of nitrogens with zero attached hydrogens (tertiary/aromatic N) is 1. The molecule has 1 aliphatic rings.